The first-order valence-electron chi connectivity index (χ1n) is 13.7. The van der Waals surface area contributed by atoms with Crippen LogP contribution in [0.25, 0.3) is 10.8 Å². The molecule has 2 aromatic rings. The van der Waals surface area contributed by atoms with E-state index in [2.05, 4.69) is 6.92 Å². The Morgan fingerprint density at radius 3 is 2.17 bits per heavy atom. The van der Waals surface area contributed by atoms with Crippen LogP contribution in [0.4, 0.5) is 0 Å². The molecule has 196 valence electrons. The molecule has 5 nitrogen and oxygen atoms in total. The molecule has 1 aliphatic carbocycles. The highest BCUT2D eigenvalue weighted by molar-refractivity contribution is 6.01. The van der Waals surface area contributed by atoms with Crippen molar-refractivity contribution < 1.29 is 19.7 Å². The molecule has 2 atom stereocenters. The Morgan fingerprint density at radius 1 is 0.917 bits per heavy atom. The second-order valence-corrected chi connectivity index (χ2v) is 10.0. The molecule has 1 aliphatic rings. The van der Waals surface area contributed by atoms with Crippen LogP contribution in [-0.2, 0) is 10.3 Å². The Morgan fingerprint density at radius 2 is 1.53 bits per heavy atom. The average molecular weight is 494 g/mol. The zero-order valence-corrected chi connectivity index (χ0v) is 21.8. The van der Waals surface area contributed by atoms with Gasteiger partial charge in [-0.3, -0.25) is 4.79 Å². The summed E-state index contributed by atoms with van der Waals surface area (Å²) in [6, 6.07) is 11.0. The molecule has 2 aromatic carbocycles. The minimum atomic E-state index is -1.63. The topological polar surface area (TPSA) is 92.8 Å². The van der Waals surface area contributed by atoms with Crippen molar-refractivity contribution in [2.24, 2.45) is 5.73 Å². The van der Waals surface area contributed by atoms with Gasteiger partial charge in [0.25, 0.3) is 0 Å². The van der Waals surface area contributed by atoms with Gasteiger partial charge in [-0.15, -0.1) is 0 Å². The van der Waals surface area contributed by atoms with E-state index < -0.39 is 17.6 Å². The zero-order valence-electron chi connectivity index (χ0n) is 21.8. The Kier molecular flexibility index (Phi) is 11.0. The molecule has 5 heteroatoms. The fourth-order valence-corrected chi connectivity index (χ4v) is 5.11. The first kappa shape index (κ1) is 27.9. The summed E-state index contributed by atoms with van der Waals surface area (Å²) in [4.78, 5) is 12.3. The lowest BCUT2D eigenvalue weighted by Crippen LogP contribution is -2.42. The highest BCUT2D eigenvalue weighted by Crippen LogP contribution is 2.39. The maximum absolute atomic E-state index is 12.3. The van der Waals surface area contributed by atoms with Crippen LogP contribution in [0.1, 0.15) is 99.9 Å². The second-order valence-electron chi connectivity index (χ2n) is 10.0. The zero-order chi connectivity index (χ0) is 25.8. The predicted molar refractivity (Wildman–Crippen MR) is 147 cm³/mol. The molecule has 1 amide bonds. The number of aliphatic hydroxyl groups is 2. The Balaban J connectivity index is 1.54. The number of hydrogen-bond donors (Lipinski definition) is 3. The molecule has 0 aliphatic heterocycles. The smallest absolute Gasteiger partial charge is 0.249 e. The molecular formula is C31H43NO4. The molecule has 36 heavy (non-hydrogen) atoms. The van der Waals surface area contributed by atoms with E-state index in [1.165, 1.54) is 82.4 Å². The maximum Gasteiger partial charge on any atom is 0.249 e. The van der Waals surface area contributed by atoms with Gasteiger partial charge < -0.3 is 20.7 Å². The van der Waals surface area contributed by atoms with Gasteiger partial charge in [0, 0.05) is 17.7 Å². The first-order valence-corrected chi connectivity index (χ1v) is 13.7. The van der Waals surface area contributed by atoms with Gasteiger partial charge in [-0.25, -0.2) is 0 Å². The number of allylic oxidation sites excluding steroid dienone is 1. The lowest BCUT2D eigenvalue weighted by Gasteiger charge is -2.36. The van der Waals surface area contributed by atoms with Crippen molar-refractivity contribution in [3.8, 4) is 0 Å². The Labute approximate surface area is 216 Å². The highest BCUT2D eigenvalue weighted by Gasteiger charge is 2.41. The number of amides is 1. The number of nitrogens with two attached hydrogens (primary N) is 1. The lowest BCUT2D eigenvalue weighted by atomic mass is 9.79. The highest BCUT2D eigenvalue weighted by atomic mass is 16.5. The fourth-order valence-electron chi connectivity index (χ4n) is 5.11. The number of carbonyl (C=O) groups is 1. The minimum Gasteiger partial charge on any atom is -0.508 e. The van der Waals surface area contributed by atoms with Crippen molar-refractivity contribution in [3.05, 3.63) is 71.5 Å². The van der Waals surface area contributed by atoms with Gasteiger partial charge in [-0.2, -0.15) is 0 Å². The summed E-state index contributed by atoms with van der Waals surface area (Å²) in [5.41, 5.74) is 4.71. The number of carbonyl (C=O) groups excluding carboxylic acids is 1. The average Bonchev–Trinajstić information content (AvgIpc) is 2.88. The van der Waals surface area contributed by atoms with Crippen LogP contribution < -0.4 is 5.73 Å². The molecular weight excluding hydrogens is 450 g/mol. The molecule has 0 aromatic heterocycles. The van der Waals surface area contributed by atoms with Gasteiger partial charge in [0.15, 0.2) is 0 Å². The van der Waals surface area contributed by atoms with Crippen LogP contribution in [0.3, 0.4) is 0 Å². The van der Waals surface area contributed by atoms with Crippen molar-refractivity contribution in [1.29, 1.82) is 0 Å². The minimum absolute atomic E-state index is 0.0280. The van der Waals surface area contributed by atoms with E-state index in [0.717, 1.165) is 23.6 Å². The van der Waals surface area contributed by atoms with Gasteiger partial charge in [-0.1, -0.05) is 108 Å². The van der Waals surface area contributed by atoms with E-state index in [0.29, 0.717) is 12.2 Å². The Hall–Kier alpha value is -2.63. The number of rotatable bonds is 16. The number of hydrogen-bond acceptors (Lipinski definition) is 4. The summed E-state index contributed by atoms with van der Waals surface area (Å²) in [6.45, 7) is 2.71. The van der Waals surface area contributed by atoms with Crippen molar-refractivity contribution >= 4 is 16.7 Å². The van der Waals surface area contributed by atoms with E-state index >= 15 is 0 Å². The number of aliphatic hydroxyl groups excluding tert-OH is 1. The third-order valence-corrected chi connectivity index (χ3v) is 7.15. The van der Waals surface area contributed by atoms with Crippen molar-refractivity contribution in [2.45, 2.75) is 95.7 Å². The SMILES string of the molecule is CCCCCCCCCCCCCCOC1C=C(O)C=CC1(O)c1c(C(N)=O)ccc2ccccc12. The van der Waals surface area contributed by atoms with E-state index in [-0.39, 0.29) is 11.3 Å². The second kappa shape index (κ2) is 14.2. The number of ether oxygens (including phenoxy) is 1. The van der Waals surface area contributed by atoms with Gasteiger partial charge in [-0.05, 0) is 41.5 Å². The molecule has 0 saturated carbocycles. The molecule has 0 spiro atoms. The lowest BCUT2D eigenvalue weighted by molar-refractivity contribution is -0.0639. The molecule has 0 fully saturated rings. The van der Waals surface area contributed by atoms with E-state index in [9.17, 15) is 15.0 Å². The molecule has 0 radical (unpaired) electrons. The van der Waals surface area contributed by atoms with Gasteiger partial charge in [0.1, 0.15) is 17.5 Å². The van der Waals surface area contributed by atoms with Crippen LogP contribution >= 0.6 is 0 Å². The third-order valence-electron chi connectivity index (χ3n) is 7.15. The summed E-state index contributed by atoms with van der Waals surface area (Å²) in [5.74, 6) is -0.587. The Bertz CT molecular complexity index is 1040. The molecule has 3 rings (SSSR count). The van der Waals surface area contributed by atoms with Crippen molar-refractivity contribution in [1.82, 2.24) is 0 Å². The van der Waals surface area contributed by atoms with Crippen LogP contribution in [-0.4, -0.2) is 28.8 Å². The van der Waals surface area contributed by atoms with Crippen LogP contribution in [0.2, 0.25) is 0 Å². The van der Waals surface area contributed by atoms with Crippen molar-refractivity contribution in [3.63, 3.8) is 0 Å². The number of primary amides is 1. The number of benzene rings is 2. The fraction of sp³-hybridized carbons (Fsp3) is 0.516. The summed E-state index contributed by atoms with van der Waals surface area (Å²) < 4.78 is 6.11. The van der Waals surface area contributed by atoms with Crippen molar-refractivity contribution in [2.75, 3.05) is 6.61 Å². The van der Waals surface area contributed by atoms with Gasteiger partial charge >= 0.3 is 0 Å². The summed E-state index contributed by atoms with van der Waals surface area (Å²) in [5, 5.41) is 23.6. The van der Waals surface area contributed by atoms with E-state index in [1.54, 1.807) is 6.07 Å². The predicted octanol–water partition coefficient (Wildman–Crippen LogP) is 7.22. The molecule has 0 bridgehead atoms. The van der Waals surface area contributed by atoms with Crippen LogP contribution in [0.15, 0.2) is 60.4 Å². The number of fused-ring (bicyclic) bond motifs is 1. The third kappa shape index (κ3) is 7.44. The van der Waals surface area contributed by atoms with Gasteiger partial charge in [0.05, 0.1) is 0 Å². The standard InChI is InChI=1S/C31H43NO4/c1-2-3-4-5-6-7-8-9-10-11-12-15-22-36-28-23-25(33)20-21-31(28,35)29-26-17-14-13-16-24(26)18-19-27(29)30(32)34/h13-14,16-21,23,28,33,35H,2-12,15,22H2,1H3,(H2,32,34). The summed E-state index contributed by atoms with van der Waals surface area (Å²) in [6.07, 6.45) is 18.7. The molecule has 0 saturated heterocycles. The van der Waals surface area contributed by atoms with Crippen LogP contribution in [0.5, 0.6) is 0 Å². The molecule has 2 unspecified atom stereocenters. The molecule has 4 N–H and O–H groups in total. The van der Waals surface area contributed by atoms with E-state index in [1.807, 2.05) is 30.3 Å². The first-order chi connectivity index (χ1) is 17.5. The van der Waals surface area contributed by atoms with E-state index in [4.69, 9.17) is 10.5 Å². The monoisotopic (exact) mass is 493 g/mol. The maximum atomic E-state index is 12.3. The van der Waals surface area contributed by atoms with Crippen LogP contribution in [0, 0.1) is 0 Å². The molecule has 0 heterocycles. The normalized spacial score (nSPS) is 19.5. The summed E-state index contributed by atoms with van der Waals surface area (Å²) in [7, 11) is 0. The van der Waals surface area contributed by atoms with Gasteiger partial charge in [0.2, 0.25) is 5.91 Å². The quantitative estimate of drug-likeness (QED) is 0.215. The largest absolute Gasteiger partial charge is 0.508 e. The summed E-state index contributed by atoms with van der Waals surface area (Å²) >= 11 is 0. The number of unbranched alkanes of at least 4 members (excludes halogenated alkanes) is 11.